The van der Waals surface area contributed by atoms with Crippen LogP contribution in [0.2, 0.25) is 0 Å². The topological polar surface area (TPSA) is 0 Å². The summed E-state index contributed by atoms with van der Waals surface area (Å²) in [6.45, 7) is 13.0. The number of hydrogen-bond acceptors (Lipinski definition) is 0. The first-order chi connectivity index (χ1) is 13.8. The van der Waals surface area contributed by atoms with E-state index in [1.54, 1.807) is 57.8 Å². The lowest BCUT2D eigenvalue weighted by Crippen LogP contribution is -2.56. The van der Waals surface area contributed by atoms with Gasteiger partial charge in [-0.3, -0.25) is 0 Å². The molecule has 5 rings (SSSR count). The summed E-state index contributed by atoms with van der Waals surface area (Å²) in [5, 5.41) is 0. The maximum absolute atomic E-state index is 2.79. The van der Waals surface area contributed by atoms with E-state index in [1.807, 2.05) is 0 Å². The van der Waals surface area contributed by atoms with Crippen LogP contribution in [0.4, 0.5) is 0 Å². The van der Waals surface area contributed by atoms with E-state index in [2.05, 4.69) is 34.6 Å². The van der Waals surface area contributed by atoms with Gasteiger partial charge in [-0.25, -0.2) is 0 Å². The molecule has 166 valence electrons. The van der Waals surface area contributed by atoms with Crippen LogP contribution in [0.15, 0.2) is 0 Å². The Morgan fingerprint density at radius 1 is 0.759 bits per heavy atom. The van der Waals surface area contributed by atoms with Crippen LogP contribution in [-0.4, -0.2) is 0 Å². The summed E-state index contributed by atoms with van der Waals surface area (Å²) in [6.07, 6.45) is 21.7. The maximum atomic E-state index is 2.79. The first-order valence-corrected chi connectivity index (χ1v) is 13.8. The standard InChI is InChI=1S/C29H50/c1-20(2)9-8-10-21(3)23-12-13-24-22-19-29(17-18-29)26-11-6-7-15-28(26,5)25(22)14-16-27(23,24)4/h20-26H,6-19H2,1-5H3/t21-,22+,23-,24+,25+,26?,27-,28-/m1/s1. The first-order valence-electron chi connectivity index (χ1n) is 13.8. The lowest BCUT2D eigenvalue weighted by Gasteiger charge is -2.63. The second-order valence-corrected chi connectivity index (χ2v) is 13.8. The Balaban J connectivity index is 1.35. The van der Waals surface area contributed by atoms with Crippen molar-refractivity contribution in [3.05, 3.63) is 0 Å². The van der Waals surface area contributed by atoms with E-state index in [9.17, 15) is 0 Å². The fourth-order valence-electron chi connectivity index (χ4n) is 10.5. The Morgan fingerprint density at radius 3 is 2.24 bits per heavy atom. The summed E-state index contributed by atoms with van der Waals surface area (Å²) >= 11 is 0. The molecular formula is C29H50. The van der Waals surface area contributed by atoms with Crippen LogP contribution in [0.3, 0.4) is 0 Å². The van der Waals surface area contributed by atoms with Crippen molar-refractivity contribution in [2.45, 2.75) is 125 Å². The maximum Gasteiger partial charge on any atom is -0.0261 e. The molecule has 8 atom stereocenters. The number of rotatable bonds is 5. The van der Waals surface area contributed by atoms with E-state index >= 15 is 0 Å². The molecule has 1 unspecified atom stereocenters. The zero-order valence-corrected chi connectivity index (χ0v) is 20.4. The van der Waals surface area contributed by atoms with Crippen LogP contribution in [0.5, 0.6) is 0 Å². The average Bonchev–Trinajstić information content (AvgIpc) is 3.33. The SMILES string of the molecule is CC(C)CCC[C@@H](C)[C@H]1CC[C@H]2[C@@H]3CC4(CC4)C4CCCC[C@]4(C)[C@H]3CC[C@]12C. The zero-order chi connectivity index (χ0) is 20.4. The Hall–Kier alpha value is 0. The molecule has 0 aromatic carbocycles. The van der Waals surface area contributed by atoms with Crippen molar-refractivity contribution in [3.8, 4) is 0 Å². The predicted octanol–water partition coefficient (Wildman–Crippen LogP) is 8.89. The molecule has 5 fully saturated rings. The molecule has 0 nitrogen and oxygen atoms in total. The lowest BCUT2D eigenvalue weighted by molar-refractivity contribution is -0.145. The molecule has 0 aromatic rings. The largest absolute Gasteiger partial charge is 0.0628 e. The monoisotopic (exact) mass is 398 g/mol. The average molecular weight is 399 g/mol. The molecule has 0 aliphatic heterocycles. The van der Waals surface area contributed by atoms with Gasteiger partial charge in [0.1, 0.15) is 0 Å². The molecule has 0 aromatic heterocycles. The molecule has 0 heterocycles. The Bertz CT molecular complexity index is 599. The van der Waals surface area contributed by atoms with Crippen LogP contribution in [0.1, 0.15) is 125 Å². The molecule has 5 aliphatic rings. The van der Waals surface area contributed by atoms with Crippen molar-refractivity contribution in [2.75, 3.05) is 0 Å². The molecule has 1 spiro atoms. The summed E-state index contributed by atoms with van der Waals surface area (Å²) in [7, 11) is 0. The van der Waals surface area contributed by atoms with Crippen LogP contribution >= 0.6 is 0 Å². The number of fused-ring (bicyclic) bond motifs is 6. The van der Waals surface area contributed by atoms with Crippen LogP contribution in [-0.2, 0) is 0 Å². The molecule has 0 saturated heterocycles. The van der Waals surface area contributed by atoms with Crippen molar-refractivity contribution in [3.63, 3.8) is 0 Å². The predicted molar refractivity (Wildman–Crippen MR) is 125 cm³/mol. The molecule has 5 aliphatic carbocycles. The highest BCUT2D eigenvalue weighted by Gasteiger charge is 2.67. The Morgan fingerprint density at radius 2 is 1.52 bits per heavy atom. The summed E-state index contributed by atoms with van der Waals surface area (Å²) < 4.78 is 0. The fourth-order valence-corrected chi connectivity index (χ4v) is 10.5. The van der Waals surface area contributed by atoms with Gasteiger partial charge < -0.3 is 0 Å². The highest BCUT2D eigenvalue weighted by Crippen LogP contribution is 2.76. The lowest BCUT2D eigenvalue weighted by atomic mass is 9.41. The summed E-state index contributed by atoms with van der Waals surface area (Å²) in [4.78, 5) is 0. The molecule has 0 heteroatoms. The van der Waals surface area contributed by atoms with Crippen molar-refractivity contribution < 1.29 is 0 Å². The van der Waals surface area contributed by atoms with E-state index < -0.39 is 0 Å². The second kappa shape index (κ2) is 7.27. The van der Waals surface area contributed by atoms with Gasteiger partial charge >= 0.3 is 0 Å². The first kappa shape index (κ1) is 20.9. The van der Waals surface area contributed by atoms with Gasteiger partial charge in [-0.15, -0.1) is 0 Å². The van der Waals surface area contributed by atoms with Gasteiger partial charge in [0.05, 0.1) is 0 Å². The molecule has 29 heavy (non-hydrogen) atoms. The minimum absolute atomic E-state index is 0.673. The number of hydrogen-bond donors (Lipinski definition) is 0. The molecule has 5 saturated carbocycles. The van der Waals surface area contributed by atoms with Gasteiger partial charge in [0, 0.05) is 0 Å². The molecule has 0 N–H and O–H groups in total. The molecule has 0 amide bonds. The summed E-state index contributed by atoms with van der Waals surface area (Å²) in [6, 6.07) is 0. The van der Waals surface area contributed by atoms with Gasteiger partial charge in [0.15, 0.2) is 0 Å². The second-order valence-electron chi connectivity index (χ2n) is 13.8. The van der Waals surface area contributed by atoms with Crippen LogP contribution in [0, 0.1) is 57.7 Å². The minimum atomic E-state index is 0.673. The third kappa shape index (κ3) is 3.19. The molecule has 0 radical (unpaired) electrons. The van der Waals surface area contributed by atoms with Crippen LogP contribution in [0.25, 0.3) is 0 Å². The van der Waals surface area contributed by atoms with Gasteiger partial charge in [-0.05, 0) is 115 Å². The van der Waals surface area contributed by atoms with E-state index in [-0.39, 0.29) is 0 Å². The van der Waals surface area contributed by atoms with E-state index in [4.69, 9.17) is 0 Å². The van der Waals surface area contributed by atoms with Crippen molar-refractivity contribution in [2.24, 2.45) is 57.7 Å². The van der Waals surface area contributed by atoms with Crippen molar-refractivity contribution >= 4 is 0 Å². The highest BCUT2D eigenvalue weighted by molar-refractivity contribution is 5.17. The van der Waals surface area contributed by atoms with E-state index in [0.29, 0.717) is 10.8 Å². The normalized spacial score (nSPS) is 48.8. The fraction of sp³-hybridized carbons (Fsp3) is 1.00. The summed E-state index contributed by atoms with van der Waals surface area (Å²) in [5.74, 6) is 7.18. The van der Waals surface area contributed by atoms with E-state index in [0.717, 1.165) is 46.8 Å². The van der Waals surface area contributed by atoms with Crippen LogP contribution < -0.4 is 0 Å². The molecular weight excluding hydrogens is 348 g/mol. The zero-order valence-electron chi connectivity index (χ0n) is 20.4. The minimum Gasteiger partial charge on any atom is -0.0628 e. The van der Waals surface area contributed by atoms with Gasteiger partial charge in [-0.1, -0.05) is 66.7 Å². The Kier molecular flexibility index (Phi) is 5.23. The Labute approximate surface area is 182 Å². The third-order valence-electron chi connectivity index (χ3n) is 12.0. The van der Waals surface area contributed by atoms with Crippen molar-refractivity contribution in [1.82, 2.24) is 0 Å². The van der Waals surface area contributed by atoms with E-state index in [1.165, 1.54) is 32.1 Å². The van der Waals surface area contributed by atoms with Gasteiger partial charge in [-0.2, -0.15) is 0 Å². The highest BCUT2D eigenvalue weighted by atomic mass is 14.7. The summed E-state index contributed by atoms with van der Waals surface area (Å²) in [5.41, 5.74) is 2.20. The quantitative estimate of drug-likeness (QED) is 0.433. The van der Waals surface area contributed by atoms with Gasteiger partial charge in [0.25, 0.3) is 0 Å². The van der Waals surface area contributed by atoms with Crippen molar-refractivity contribution in [1.29, 1.82) is 0 Å². The third-order valence-corrected chi connectivity index (χ3v) is 12.0. The molecule has 0 bridgehead atoms. The van der Waals surface area contributed by atoms with Gasteiger partial charge in [0.2, 0.25) is 0 Å². The smallest absolute Gasteiger partial charge is 0.0261 e.